The molecule has 0 saturated heterocycles. The molecule has 18 heavy (non-hydrogen) atoms. The van der Waals surface area contributed by atoms with Gasteiger partial charge >= 0.3 is 5.97 Å². The first kappa shape index (κ1) is 12.7. The van der Waals surface area contributed by atoms with Crippen molar-refractivity contribution in [3.8, 4) is 0 Å². The van der Waals surface area contributed by atoms with Crippen LogP contribution in [0, 0.1) is 11.7 Å². The van der Waals surface area contributed by atoms with Crippen molar-refractivity contribution in [3.63, 3.8) is 0 Å². The van der Waals surface area contributed by atoms with Gasteiger partial charge in [-0.1, -0.05) is 12.1 Å². The van der Waals surface area contributed by atoms with E-state index < -0.39 is 11.9 Å². The predicted molar refractivity (Wildman–Crippen MR) is 63.7 cm³/mol. The minimum atomic E-state index is -0.887. The van der Waals surface area contributed by atoms with Crippen molar-refractivity contribution in [1.82, 2.24) is 0 Å². The molecule has 1 aromatic carbocycles. The van der Waals surface area contributed by atoms with E-state index in [1.165, 1.54) is 12.1 Å². The summed E-state index contributed by atoms with van der Waals surface area (Å²) in [6.07, 6.45) is 1.96. The molecule has 3 nitrogen and oxygen atoms in total. The van der Waals surface area contributed by atoms with Crippen LogP contribution in [-0.2, 0) is 9.59 Å². The predicted octanol–water partition coefficient (Wildman–Crippen LogP) is 2.75. The Morgan fingerprint density at radius 1 is 1.33 bits per heavy atom. The maximum absolute atomic E-state index is 12.9. The zero-order chi connectivity index (χ0) is 13.1. The van der Waals surface area contributed by atoms with E-state index >= 15 is 0 Å². The third-order valence-electron chi connectivity index (χ3n) is 3.48. The Kier molecular flexibility index (Phi) is 3.75. The lowest BCUT2D eigenvalue weighted by Gasteiger charge is -2.29. The molecule has 0 aromatic heterocycles. The van der Waals surface area contributed by atoms with Gasteiger partial charge in [0.2, 0.25) is 0 Å². The van der Waals surface area contributed by atoms with Gasteiger partial charge in [-0.3, -0.25) is 9.59 Å². The normalized spacial score (nSPS) is 23.9. The molecule has 4 heteroatoms. The molecule has 1 aliphatic rings. The Morgan fingerprint density at radius 3 is 2.61 bits per heavy atom. The standard InChI is InChI=1S/C14H15FO3/c15-11-6-4-9(5-7-11)14-10(8-13(17)18)2-1-3-12(14)16/h4-7,10,14H,1-3,8H2,(H,17,18)/t10-,14-/m1/s1. The molecule has 0 amide bonds. The van der Waals surface area contributed by atoms with Gasteiger partial charge < -0.3 is 5.11 Å². The van der Waals surface area contributed by atoms with Crippen molar-refractivity contribution in [2.75, 3.05) is 0 Å². The summed E-state index contributed by atoms with van der Waals surface area (Å²) in [5.41, 5.74) is 0.729. The molecule has 1 aromatic rings. The summed E-state index contributed by atoms with van der Waals surface area (Å²) >= 11 is 0. The molecule has 0 bridgehead atoms. The molecule has 96 valence electrons. The fourth-order valence-electron chi connectivity index (χ4n) is 2.70. The average molecular weight is 250 g/mol. The molecular formula is C14H15FO3. The first-order chi connectivity index (χ1) is 8.58. The molecule has 2 rings (SSSR count). The first-order valence-electron chi connectivity index (χ1n) is 6.08. The number of halogens is 1. The Morgan fingerprint density at radius 2 is 2.00 bits per heavy atom. The maximum atomic E-state index is 12.9. The molecule has 0 heterocycles. The van der Waals surface area contributed by atoms with E-state index in [0.29, 0.717) is 6.42 Å². The van der Waals surface area contributed by atoms with E-state index in [4.69, 9.17) is 5.11 Å². The molecule has 1 N–H and O–H groups in total. The van der Waals surface area contributed by atoms with Gasteiger partial charge in [-0.25, -0.2) is 4.39 Å². The van der Waals surface area contributed by atoms with E-state index in [0.717, 1.165) is 18.4 Å². The Balaban J connectivity index is 2.26. The summed E-state index contributed by atoms with van der Waals surface area (Å²) in [6.45, 7) is 0. The molecule has 0 spiro atoms. The third kappa shape index (κ3) is 2.75. The number of hydrogen-bond acceptors (Lipinski definition) is 2. The highest BCUT2D eigenvalue weighted by Crippen LogP contribution is 2.37. The molecule has 0 aliphatic heterocycles. The second-order valence-electron chi connectivity index (χ2n) is 4.75. The largest absolute Gasteiger partial charge is 0.481 e. The summed E-state index contributed by atoms with van der Waals surface area (Å²) in [6, 6.07) is 5.79. The molecule has 1 saturated carbocycles. The van der Waals surface area contributed by atoms with Crippen LogP contribution in [0.5, 0.6) is 0 Å². The lowest BCUT2D eigenvalue weighted by Crippen LogP contribution is -2.28. The van der Waals surface area contributed by atoms with Gasteiger partial charge in [-0.05, 0) is 36.5 Å². The van der Waals surface area contributed by atoms with Crippen molar-refractivity contribution in [2.45, 2.75) is 31.6 Å². The van der Waals surface area contributed by atoms with Crippen LogP contribution in [0.1, 0.15) is 37.2 Å². The highest BCUT2D eigenvalue weighted by atomic mass is 19.1. The van der Waals surface area contributed by atoms with Crippen LogP contribution in [-0.4, -0.2) is 16.9 Å². The molecule has 1 fully saturated rings. The topological polar surface area (TPSA) is 54.4 Å². The van der Waals surface area contributed by atoms with Crippen LogP contribution >= 0.6 is 0 Å². The fraction of sp³-hybridized carbons (Fsp3) is 0.429. The van der Waals surface area contributed by atoms with Gasteiger partial charge in [0.05, 0.1) is 0 Å². The average Bonchev–Trinajstić information content (AvgIpc) is 2.30. The summed E-state index contributed by atoms with van der Waals surface area (Å²) in [7, 11) is 0. The smallest absolute Gasteiger partial charge is 0.303 e. The number of hydrogen-bond donors (Lipinski definition) is 1. The van der Waals surface area contributed by atoms with E-state index in [1.54, 1.807) is 12.1 Å². The molecule has 1 aliphatic carbocycles. The van der Waals surface area contributed by atoms with Crippen molar-refractivity contribution < 1.29 is 19.1 Å². The fourth-order valence-corrected chi connectivity index (χ4v) is 2.70. The monoisotopic (exact) mass is 250 g/mol. The van der Waals surface area contributed by atoms with E-state index in [9.17, 15) is 14.0 Å². The number of rotatable bonds is 3. The minimum Gasteiger partial charge on any atom is -0.481 e. The molecule has 0 unspecified atom stereocenters. The van der Waals surface area contributed by atoms with Gasteiger partial charge in [-0.2, -0.15) is 0 Å². The highest BCUT2D eigenvalue weighted by molar-refractivity contribution is 5.87. The zero-order valence-electron chi connectivity index (χ0n) is 9.93. The van der Waals surface area contributed by atoms with Crippen LogP contribution in [0.3, 0.4) is 0 Å². The lowest BCUT2D eigenvalue weighted by molar-refractivity contribution is -0.139. The number of benzene rings is 1. The SMILES string of the molecule is O=C(O)C[C@H]1CCCC(=O)[C@@H]1c1ccc(F)cc1. The van der Waals surface area contributed by atoms with Gasteiger partial charge in [0.1, 0.15) is 11.6 Å². The highest BCUT2D eigenvalue weighted by Gasteiger charge is 2.34. The van der Waals surface area contributed by atoms with Crippen molar-refractivity contribution in [3.05, 3.63) is 35.6 Å². The van der Waals surface area contributed by atoms with E-state index in [2.05, 4.69) is 0 Å². The van der Waals surface area contributed by atoms with Crippen LogP contribution < -0.4 is 0 Å². The third-order valence-corrected chi connectivity index (χ3v) is 3.48. The van der Waals surface area contributed by atoms with Crippen molar-refractivity contribution in [1.29, 1.82) is 0 Å². The zero-order valence-corrected chi connectivity index (χ0v) is 9.93. The number of carboxylic acid groups (broad SMARTS) is 1. The molecule has 2 atom stereocenters. The number of ketones is 1. The van der Waals surface area contributed by atoms with Crippen LogP contribution in [0.25, 0.3) is 0 Å². The Bertz CT molecular complexity index is 453. The summed E-state index contributed by atoms with van der Waals surface area (Å²) in [4.78, 5) is 22.8. The van der Waals surface area contributed by atoms with Gasteiger partial charge in [0.25, 0.3) is 0 Å². The number of carbonyl (C=O) groups excluding carboxylic acids is 1. The van der Waals surface area contributed by atoms with Crippen molar-refractivity contribution >= 4 is 11.8 Å². The Hall–Kier alpha value is -1.71. The molecular weight excluding hydrogens is 235 g/mol. The maximum Gasteiger partial charge on any atom is 0.303 e. The second kappa shape index (κ2) is 5.29. The summed E-state index contributed by atoms with van der Waals surface area (Å²) in [5, 5.41) is 8.89. The number of carbonyl (C=O) groups is 2. The van der Waals surface area contributed by atoms with Gasteiger partial charge in [-0.15, -0.1) is 0 Å². The number of Topliss-reactive ketones (excluding diaryl/α,β-unsaturated/α-hetero) is 1. The van der Waals surface area contributed by atoms with E-state index in [-0.39, 0.29) is 23.9 Å². The second-order valence-corrected chi connectivity index (χ2v) is 4.75. The Labute approximate surface area is 105 Å². The summed E-state index contributed by atoms with van der Waals surface area (Å²) < 4.78 is 12.9. The minimum absolute atomic E-state index is 0.00617. The van der Waals surface area contributed by atoms with Gasteiger partial charge in [0.15, 0.2) is 0 Å². The first-order valence-corrected chi connectivity index (χ1v) is 6.08. The van der Waals surface area contributed by atoms with Crippen LogP contribution in [0.2, 0.25) is 0 Å². The van der Waals surface area contributed by atoms with Crippen molar-refractivity contribution in [2.24, 2.45) is 5.92 Å². The number of aliphatic carboxylic acids is 1. The van der Waals surface area contributed by atoms with Gasteiger partial charge in [0, 0.05) is 18.8 Å². The molecule has 0 radical (unpaired) electrons. The van der Waals surface area contributed by atoms with E-state index in [1.807, 2.05) is 0 Å². The lowest BCUT2D eigenvalue weighted by atomic mass is 9.73. The van der Waals surface area contributed by atoms with Crippen LogP contribution in [0.15, 0.2) is 24.3 Å². The quantitative estimate of drug-likeness (QED) is 0.897. The summed E-state index contributed by atoms with van der Waals surface area (Å²) in [5.74, 6) is -1.73. The number of carboxylic acids is 1. The van der Waals surface area contributed by atoms with Crippen LogP contribution in [0.4, 0.5) is 4.39 Å².